The second kappa shape index (κ2) is 14.9. The zero-order valence-electron chi connectivity index (χ0n) is 20.7. The third kappa shape index (κ3) is 8.97. The predicted molar refractivity (Wildman–Crippen MR) is 140 cm³/mol. The van der Waals surface area contributed by atoms with Gasteiger partial charge in [-0.15, -0.1) is 0 Å². The SMILES string of the molecule is CCCCN(CCCC)c1ccc(Cc2ccc(N(CCCC)CCCC)cc2)cc1. The molecule has 0 spiro atoms. The first kappa shape index (κ1) is 25.3. The second-order valence-electron chi connectivity index (χ2n) is 8.90. The van der Waals surface area contributed by atoms with E-state index in [1.165, 1.54) is 100 Å². The molecule has 0 fully saturated rings. The van der Waals surface area contributed by atoms with Gasteiger partial charge < -0.3 is 9.80 Å². The predicted octanol–water partition coefficient (Wildman–Crippen LogP) is 8.09. The van der Waals surface area contributed by atoms with E-state index in [2.05, 4.69) is 86.0 Å². The molecule has 0 aromatic heterocycles. The van der Waals surface area contributed by atoms with Crippen LogP contribution in [0, 0.1) is 0 Å². The van der Waals surface area contributed by atoms with Gasteiger partial charge in [0, 0.05) is 37.6 Å². The molecule has 0 bridgehead atoms. The lowest BCUT2D eigenvalue weighted by atomic mass is 10.0. The minimum atomic E-state index is 1.01. The Kier molecular flexibility index (Phi) is 12.2. The molecule has 0 atom stereocenters. The first-order chi connectivity index (χ1) is 15.2. The first-order valence-corrected chi connectivity index (χ1v) is 12.9. The van der Waals surface area contributed by atoms with E-state index in [1.54, 1.807) is 0 Å². The Balaban J connectivity index is 2.00. The van der Waals surface area contributed by atoms with E-state index in [4.69, 9.17) is 0 Å². The molecule has 0 aliphatic rings. The summed E-state index contributed by atoms with van der Waals surface area (Å²) in [7, 11) is 0. The quantitative estimate of drug-likeness (QED) is 0.270. The van der Waals surface area contributed by atoms with Crippen molar-refractivity contribution in [1.82, 2.24) is 0 Å². The highest BCUT2D eigenvalue weighted by Gasteiger charge is 2.08. The summed E-state index contributed by atoms with van der Waals surface area (Å²) < 4.78 is 0. The maximum atomic E-state index is 2.56. The van der Waals surface area contributed by atoms with E-state index in [1.807, 2.05) is 0 Å². The number of hydrogen-bond donors (Lipinski definition) is 0. The molecular formula is C29H46N2. The smallest absolute Gasteiger partial charge is 0.0366 e. The van der Waals surface area contributed by atoms with Crippen molar-refractivity contribution in [2.75, 3.05) is 36.0 Å². The van der Waals surface area contributed by atoms with Crippen LogP contribution < -0.4 is 9.80 Å². The van der Waals surface area contributed by atoms with Gasteiger partial charge in [0.1, 0.15) is 0 Å². The van der Waals surface area contributed by atoms with E-state index in [-0.39, 0.29) is 0 Å². The molecular weight excluding hydrogens is 376 g/mol. The van der Waals surface area contributed by atoms with Crippen LogP contribution in [0.15, 0.2) is 48.5 Å². The Bertz CT molecular complexity index is 612. The van der Waals surface area contributed by atoms with Crippen LogP contribution in [-0.2, 0) is 6.42 Å². The maximum absolute atomic E-state index is 2.56. The topological polar surface area (TPSA) is 6.48 Å². The van der Waals surface area contributed by atoms with Gasteiger partial charge in [-0.2, -0.15) is 0 Å². The minimum absolute atomic E-state index is 1.01. The highest BCUT2D eigenvalue weighted by molar-refractivity contribution is 5.50. The van der Waals surface area contributed by atoms with E-state index >= 15 is 0 Å². The van der Waals surface area contributed by atoms with Gasteiger partial charge >= 0.3 is 0 Å². The highest BCUT2D eigenvalue weighted by Crippen LogP contribution is 2.21. The molecule has 0 radical (unpaired) electrons. The summed E-state index contributed by atoms with van der Waals surface area (Å²) in [5, 5.41) is 0. The van der Waals surface area contributed by atoms with Crippen LogP contribution in [0.3, 0.4) is 0 Å². The molecule has 172 valence electrons. The van der Waals surface area contributed by atoms with Crippen LogP contribution in [0.25, 0.3) is 0 Å². The van der Waals surface area contributed by atoms with Crippen LogP contribution in [0.4, 0.5) is 11.4 Å². The third-order valence-electron chi connectivity index (χ3n) is 6.14. The molecule has 0 aliphatic heterocycles. The number of benzene rings is 2. The lowest BCUT2D eigenvalue weighted by Crippen LogP contribution is -2.25. The van der Waals surface area contributed by atoms with E-state index in [0.29, 0.717) is 0 Å². The summed E-state index contributed by atoms with van der Waals surface area (Å²) in [5.41, 5.74) is 5.56. The molecule has 0 aliphatic carbocycles. The summed E-state index contributed by atoms with van der Waals surface area (Å²) >= 11 is 0. The average molecular weight is 423 g/mol. The summed E-state index contributed by atoms with van der Waals surface area (Å²) in [5.74, 6) is 0. The molecule has 2 aromatic rings. The van der Waals surface area contributed by atoms with Crippen LogP contribution in [-0.4, -0.2) is 26.2 Å². The van der Waals surface area contributed by atoms with Crippen molar-refractivity contribution in [3.63, 3.8) is 0 Å². The molecule has 0 unspecified atom stereocenters. The summed E-state index contributed by atoms with van der Waals surface area (Å²) in [6, 6.07) is 18.6. The van der Waals surface area contributed by atoms with Gasteiger partial charge in [-0.25, -0.2) is 0 Å². The van der Waals surface area contributed by atoms with Crippen molar-refractivity contribution in [2.45, 2.75) is 85.5 Å². The molecule has 2 rings (SSSR count). The summed E-state index contributed by atoms with van der Waals surface area (Å²) in [6.07, 6.45) is 11.1. The van der Waals surface area contributed by atoms with Gasteiger partial charge in [0.25, 0.3) is 0 Å². The van der Waals surface area contributed by atoms with Crippen molar-refractivity contribution < 1.29 is 0 Å². The van der Waals surface area contributed by atoms with Crippen molar-refractivity contribution in [3.8, 4) is 0 Å². The molecule has 2 nitrogen and oxygen atoms in total. The second-order valence-corrected chi connectivity index (χ2v) is 8.90. The van der Waals surface area contributed by atoms with Gasteiger partial charge in [-0.05, 0) is 67.5 Å². The Morgan fingerprint density at radius 2 is 0.742 bits per heavy atom. The number of nitrogens with zero attached hydrogens (tertiary/aromatic N) is 2. The summed E-state index contributed by atoms with van der Waals surface area (Å²) in [6.45, 7) is 13.8. The third-order valence-corrected chi connectivity index (χ3v) is 6.14. The molecule has 0 heterocycles. The number of hydrogen-bond acceptors (Lipinski definition) is 2. The number of unbranched alkanes of at least 4 members (excludes halogenated alkanes) is 4. The summed E-state index contributed by atoms with van der Waals surface area (Å²) in [4.78, 5) is 5.12. The van der Waals surface area contributed by atoms with Crippen molar-refractivity contribution in [2.24, 2.45) is 0 Å². The number of rotatable bonds is 16. The number of anilines is 2. The molecule has 0 saturated heterocycles. The highest BCUT2D eigenvalue weighted by atomic mass is 15.1. The maximum Gasteiger partial charge on any atom is 0.0366 e. The van der Waals surface area contributed by atoms with E-state index < -0.39 is 0 Å². The molecule has 2 aromatic carbocycles. The van der Waals surface area contributed by atoms with Crippen molar-refractivity contribution >= 4 is 11.4 Å². The Morgan fingerprint density at radius 3 is 1.00 bits per heavy atom. The first-order valence-electron chi connectivity index (χ1n) is 12.9. The van der Waals surface area contributed by atoms with E-state index in [9.17, 15) is 0 Å². The van der Waals surface area contributed by atoms with Gasteiger partial charge in [0.15, 0.2) is 0 Å². The van der Waals surface area contributed by atoms with Crippen LogP contribution >= 0.6 is 0 Å². The Labute approximate surface area is 192 Å². The lowest BCUT2D eigenvalue weighted by Gasteiger charge is -2.25. The Morgan fingerprint density at radius 1 is 0.452 bits per heavy atom. The minimum Gasteiger partial charge on any atom is -0.372 e. The fraction of sp³-hybridized carbons (Fsp3) is 0.586. The van der Waals surface area contributed by atoms with Crippen molar-refractivity contribution in [1.29, 1.82) is 0 Å². The van der Waals surface area contributed by atoms with Crippen LogP contribution in [0.2, 0.25) is 0 Å². The van der Waals surface area contributed by atoms with E-state index in [0.717, 1.165) is 6.42 Å². The lowest BCUT2D eigenvalue weighted by molar-refractivity contribution is 0.678. The standard InChI is InChI=1S/C29H46N2/c1-5-9-21-30(22-10-6-2)28-17-13-26(14-18-28)25-27-15-19-29(20-16-27)31(23-11-7-3)24-12-8-4/h13-20H,5-12,21-25H2,1-4H3. The average Bonchev–Trinajstić information content (AvgIpc) is 2.81. The molecule has 2 heteroatoms. The van der Waals surface area contributed by atoms with Gasteiger partial charge in [0.2, 0.25) is 0 Å². The van der Waals surface area contributed by atoms with Gasteiger partial charge in [-0.3, -0.25) is 0 Å². The zero-order valence-corrected chi connectivity index (χ0v) is 20.7. The van der Waals surface area contributed by atoms with Crippen LogP contribution in [0.1, 0.15) is 90.2 Å². The fourth-order valence-corrected chi connectivity index (χ4v) is 4.02. The van der Waals surface area contributed by atoms with Gasteiger partial charge in [-0.1, -0.05) is 77.6 Å². The molecule has 0 amide bonds. The monoisotopic (exact) mass is 422 g/mol. The van der Waals surface area contributed by atoms with Crippen LogP contribution in [0.5, 0.6) is 0 Å². The fourth-order valence-electron chi connectivity index (χ4n) is 4.02. The molecule has 0 saturated carbocycles. The molecule has 0 N–H and O–H groups in total. The van der Waals surface area contributed by atoms with Crippen molar-refractivity contribution in [3.05, 3.63) is 59.7 Å². The molecule has 31 heavy (non-hydrogen) atoms. The normalized spacial score (nSPS) is 11.0. The zero-order chi connectivity index (χ0) is 22.3. The largest absolute Gasteiger partial charge is 0.372 e. The Hall–Kier alpha value is -1.96. The van der Waals surface area contributed by atoms with Gasteiger partial charge in [0.05, 0.1) is 0 Å².